The minimum atomic E-state index is 0.800. The van der Waals surface area contributed by atoms with Gasteiger partial charge in [-0.1, -0.05) is 49.0 Å². The molecule has 0 bridgehead atoms. The van der Waals surface area contributed by atoms with Crippen LogP contribution in [0.2, 0.25) is 0 Å². The molecular weight excluding hydrogens is 394 g/mol. The number of rotatable bonds is 8. The van der Waals surface area contributed by atoms with Gasteiger partial charge in [-0.15, -0.1) is 0 Å². The highest BCUT2D eigenvalue weighted by molar-refractivity contribution is 5.98. The van der Waals surface area contributed by atoms with Crippen LogP contribution in [0.15, 0.2) is 66.9 Å². The molecule has 0 radical (unpaired) electrons. The molecule has 0 aliphatic carbocycles. The summed E-state index contributed by atoms with van der Waals surface area (Å²) in [6.07, 6.45) is 3.17. The van der Waals surface area contributed by atoms with E-state index in [1.807, 2.05) is 0 Å². The van der Waals surface area contributed by atoms with E-state index in [0.29, 0.717) is 0 Å². The molecule has 0 amide bonds. The second kappa shape index (κ2) is 9.76. The van der Waals surface area contributed by atoms with Crippen LogP contribution in [-0.2, 0) is 12.8 Å². The van der Waals surface area contributed by atoms with E-state index in [9.17, 15) is 0 Å². The SMILES string of the molecule is C=C(CN1CCNCC1)NCCCc1ccc(-c2ccc3c(c2)CCO3)c2ccccc12. The van der Waals surface area contributed by atoms with Crippen LogP contribution in [0.1, 0.15) is 17.5 Å². The van der Waals surface area contributed by atoms with Crippen molar-refractivity contribution in [1.29, 1.82) is 0 Å². The second-order valence-corrected chi connectivity index (χ2v) is 8.90. The number of hydrogen-bond donors (Lipinski definition) is 2. The molecule has 0 unspecified atom stereocenters. The number of fused-ring (bicyclic) bond motifs is 2. The summed E-state index contributed by atoms with van der Waals surface area (Å²) in [7, 11) is 0. The summed E-state index contributed by atoms with van der Waals surface area (Å²) in [6, 6.07) is 20.1. The van der Waals surface area contributed by atoms with Crippen molar-refractivity contribution in [1.82, 2.24) is 15.5 Å². The highest BCUT2D eigenvalue weighted by atomic mass is 16.5. The average Bonchev–Trinajstić information content (AvgIpc) is 3.30. The van der Waals surface area contributed by atoms with Crippen molar-refractivity contribution < 1.29 is 4.74 Å². The third-order valence-corrected chi connectivity index (χ3v) is 6.64. The predicted octanol–water partition coefficient (Wildman–Crippen LogP) is 4.38. The van der Waals surface area contributed by atoms with Crippen LogP contribution in [0.5, 0.6) is 5.75 Å². The number of benzene rings is 3. The Morgan fingerprint density at radius 1 is 1.03 bits per heavy atom. The molecule has 1 saturated heterocycles. The topological polar surface area (TPSA) is 36.5 Å². The third kappa shape index (κ3) is 4.67. The second-order valence-electron chi connectivity index (χ2n) is 8.90. The zero-order valence-electron chi connectivity index (χ0n) is 18.8. The molecule has 166 valence electrons. The van der Waals surface area contributed by atoms with Gasteiger partial charge >= 0.3 is 0 Å². The van der Waals surface area contributed by atoms with Crippen molar-refractivity contribution in [3.63, 3.8) is 0 Å². The summed E-state index contributed by atoms with van der Waals surface area (Å²) < 4.78 is 5.69. The van der Waals surface area contributed by atoms with E-state index in [1.165, 1.54) is 33.0 Å². The smallest absolute Gasteiger partial charge is 0.122 e. The largest absolute Gasteiger partial charge is 0.493 e. The third-order valence-electron chi connectivity index (χ3n) is 6.64. The Labute approximate surface area is 191 Å². The van der Waals surface area contributed by atoms with Gasteiger partial charge in [0.15, 0.2) is 0 Å². The molecule has 3 aromatic carbocycles. The number of nitrogens with one attached hydrogen (secondary N) is 2. The first-order chi connectivity index (χ1) is 15.8. The summed E-state index contributed by atoms with van der Waals surface area (Å²) in [5.74, 6) is 1.04. The molecule has 32 heavy (non-hydrogen) atoms. The molecule has 0 atom stereocenters. The van der Waals surface area contributed by atoms with Crippen LogP contribution in [0.25, 0.3) is 21.9 Å². The molecule has 0 saturated carbocycles. The fourth-order valence-corrected chi connectivity index (χ4v) is 4.92. The van der Waals surface area contributed by atoms with Gasteiger partial charge < -0.3 is 15.4 Å². The van der Waals surface area contributed by atoms with Crippen LogP contribution < -0.4 is 15.4 Å². The molecule has 2 aliphatic rings. The van der Waals surface area contributed by atoms with E-state index in [2.05, 4.69) is 76.7 Å². The molecule has 0 aromatic heterocycles. The van der Waals surface area contributed by atoms with Gasteiger partial charge in [0.2, 0.25) is 0 Å². The van der Waals surface area contributed by atoms with Gasteiger partial charge in [0.05, 0.1) is 6.61 Å². The Morgan fingerprint density at radius 3 is 2.75 bits per heavy atom. The van der Waals surface area contributed by atoms with Crippen molar-refractivity contribution in [3.8, 4) is 16.9 Å². The molecular formula is C28H33N3O. The van der Waals surface area contributed by atoms with E-state index in [1.54, 1.807) is 0 Å². The molecule has 0 spiro atoms. The molecule has 4 nitrogen and oxygen atoms in total. The fraction of sp³-hybridized carbons (Fsp3) is 0.357. The Kier molecular flexibility index (Phi) is 6.42. The Bertz CT molecular complexity index is 1100. The van der Waals surface area contributed by atoms with Crippen LogP contribution >= 0.6 is 0 Å². The summed E-state index contributed by atoms with van der Waals surface area (Å²) in [5, 5.41) is 9.64. The molecule has 2 aliphatic heterocycles. The summed E-state index contributed by atoms with van der Waals surface area (Å²) in [4.78, 5) is 2.46. The number of ether oxygens (including phenoxy) is 1. The first-order valence-electron chi connectivity index (χ1n) is 11.9. The molecule has 3 aromatic rings. The van der Waals surface area contributed by atoms with Gasteiger partial charge in [0, 0.05) is 51.4 Å². The van der Waals surface area contributed by atoms with E-state index in [0.717, 1.165) is 76.6 Å². The minimum absolute atomic E-state index is 0.800. The maximum Gasteiger partial charge on any atom is 0.122 e. The zero-order chi connectivity index (χ0) is 21.8. The highest BCUT2D eigenvalue weighted by Gasteiger charge is 2.15. The van der Waals surface area contributed by atoms with Crippen LogP contribution in [0, 0.1) is 0 Å². The average molecular weight is 428 g/mol. The first kappa shape index (κ1) is 21.0. The Morgan fingerprint density at radius 2 is 1.88 bits per heavy atom. The molecule has 5 rings (SSSR count). The van der Waals surface area contributed by atoms with E-state index >= 15 is 0 Å². The standard InChI is InChI=1S/C28H33N3O/c1-21(20-31-16-14-29-15-17-31)30-13-4-5-22-8-10-26(27-7-3-2-6-25(22)27)23-9-11-28-24(19-23)12-18-32-28/h2-3,6-11,19,29-30H,1,4-5,12-18,20H2. The van der Waals surface area contributed by atoms with Gasteiger partial charge in [0.25, 0.3) is 0 Å². The van der Waals surface area contributed by atoms with Gasteiger partial charge in [-0.05, 0) is 58.0 Å². The predicted molar refractivity (Wildman–Crippen MR) is 133 cm³/mol. The lowest BCUT2D eigenvalue weighted by Crippen LogP contribution is -2.45. The van der Waals surface area contributed by atoms with E-state index < -0.39 is 0 Å². The van der Waals surface area contributed by atoms with Crippen molar-refractivity contribution in [2.75, 3.05) is 45.9 Å². The van der Waals surface area contributed by atoms with Crippen LogP contribution in [-0.4, -0.2) is 50.8 Å². The van der Waals surface area contributed by atoms with E-state index in [4.69, 9.17) is 4.74 Å². The van der Waals surface area contributed by atoms with Gasteiger partial charge in [-0.2, -0.15) is 0 Å². The zero-order valence-corrected chi connectivity index (χ0v) is 18.8. The monoisotopic (exact) mass is 427 g/mol. The summed E-state index contributed by atoms with van der Waals surface area (Å²) in [6.45, 7) is 11.3. The van der Waals surface area contributed by atoms with Gasteiger partial charge in [-0.3, -0.25) is 4.90 Å². The lowest BCUT2D eigenvalue weighted by atomic mass is 9.92. The molecule has 4 heteroatoms. The maximum absolute atomic E-state index is 5.69. The number of hydrogen-bond acceptors (Lipinski definition) is 4. The lowest BCUT2D eigenvalue weighted by molar-refractivity contribution is 0.255. The Hall–Kier alpha value is -2.82. The quantitative estimate of drug-likeness (QED) is 0.523. The Balaban J connectivity index is 1.24. The van der Waals surface area contributed by atoms with Crippen molar-refractivity contribution in [3.05, 3.63) is 78.0 Å². The number of piperazine rings is 1. The maximum atomic E-state index is 5.69. The van der Waals surface area contributed by atoms with Crippen molar-refractivity contribution >= 4 is 10.8 Å². The summed E-state index contributed by atoms with van der Waals surface area (Å²) >= 11 is 0. The van der Waals surface area contributed by atoms with Crippen molar-refractivity contribution in [2.24, 2.45) is 0 Å². The minimum Gasteiger partial charge on any atom is -0.493 e. The number of nitrogens with zero attached hydrogens (tertiary/aromatic N) is 1. The fourth-order valence-electron chi connectivity index (χ4n) is 4.92. The normalized spacial score (nSPS) is 16.0. The van der Waals surface area contributed by atoms with Gasteiger partial charge in [0.1, 0.15) is 5.75 Å². The van der Waals surface area contributed by atoms with Crippen LogP contribution in [0.4, 0.5) is 0 Å². The van der Waals surface area contributed by atoms with Gasteiger partial charge in [-0.25, -0.2) is 0 Å². The highest BCUT2D eigenvalue weighted by Crippen LogP contribution is 2.35. The molecule has 2 N–H and O–H groups in total. The molecule has 1 fully saturated rings. The van der Waals surface area contributed by atoms with E-state index in [-0.39, 0.29) is 0 Å². The summed E-state index contributed by atoms with van der Waals surface area (Å²) in [5.41, 5.74) is 6.46. The van der Waals surface area contributed by atoms with Crippen molar-refractivity contribution in [2.45, 2.75) is 19.3 Å². The first-order valence-corrected chi connectivity index (χ1v) is 11.9. The molecule has 2 heterocycles. The lowest BCUT2D eigenvalue weighted by Gasteiger charge is -2.28. The van der Waals surface area contributed by atoms with Crippen LogP contribution in [0.3, 0.4) is 0 Å². The number of aryl methyl sites for hydroxylation is 1.